The van der Waals surface area contributed by atoms with Gasteiger partial charge in [-0.05, 0) is 0 Å². The lowest BCUT2D eigenvalue weighted by molar-refractivity contribution is 0.521. The third-order valence-electron chi connectivity index (χ3n) is 0.198. The van der Waals surface area contributed by atoms with Gasteiger partial charge in [-0.1, -0.05) is 18.2 Å². The topological polar surface area (TPSA) is 34.1 Å². The van der Waals surface area contributed by atoms with Crippen LogP contribution in [0, 0.1) is 0 Å². The summed E-state index contributed by atoms with van der Waals surface area (Å²) in [6.45, 7) is 2.92. The minimum absolute atomic E-state index is 0.315. The largest absolute Gasteiger partial charge is 0.359 e. The van der Waals surface area contributed by atoms with Gasteiger partial charge in [-0.2, -0.15) is 0 Å². The molecular weight excluding hydrogens is 122 g/mol. The zero-order valence-electron chi connectivity index (χ0n) is 2.85. The van der Waals surface area contributed by atoms with Gasteiger partial charge in [-0.25, -0.2) is 9.13 Å². The van der Waals surface area contributed by atoms with Crippen molar-refractivity contribution in [3.05, 3.63) is 11.4 Å². The molecule has 0 aliphatic heterocycles. The van der Waals surface area contributed by atoms with Crippen molar-refractivity contribution in [2.75, 3.05) is 0 Å². The zero-order valence-corrected chi connectivity index (χ0v) is 4.50. The highest BCUT2D eigenvalue weighted by Gasteiger charge is 1.87. The van der Waals surface area contributed by atoms with Crippen LogP contribution in [-0.2, 0) is 9.13 Å². The Labute approximate surface area is 40.6 Å². The molecular formula is C2H2ClO2P. The second kappa shape index (κ2) is 2.17. The zero-order chi connectivity index (χ0) is 5.15. The quantitative estimate of drug-likeness (QED) is 0.500. The highest BCUT2D eigenvalue weighted by atomic mass is 35.5. The van der Waals surface area contributed by atoms with E-state index in [2.05, 4.69) is 6.58 Å². The maximum Gasteiger partial charge on any atom is 0.359 e. The van der Waals surface area contributed by atoms with E-state index in [1.54, 1.807) is 0 Å². The fourth-order valence-corrected chi connectivity index (χ4v) is 0. The van der Waals surface area contributed by atoms with Crippen molar-refractivity contribution in [3.8, 4) is 0 Å². The summed E-state index contributed by atoms with van der Waals surface area (Å²) in [5.74, 6) is 0. The molecule has 0 aromatic heterocycles. The predicted molar refractivity (Wildman–Crippen MR) is 23.3 cm³/mol. The molecule has 0 aliphatic carbocycles. The van der Waals surface area contributed by atoms with Crippen molar-refractivity contribution >= 4 is 19.3 Å². The monoisotopic (exact) mass is 124 g/mol. The Morgan fingerprint density at radius 2 is 1.83 bits per heavy atom. The summed E-state index contributed by atoms with van der Waals surface area (Å²) in [6.07, 6.45) is 0. The summed E-state index contributed by atoms with van der Waals surface area (Å²) in [7, 11) is -2.59. The summed E-state index contributed by atoms with van der Waals surface area (Å²) in [4.78, 5) is 0. The molecule has 0 spiro atoms. The van der Waals surface area contributed by atoms with Crippen molar-refractivity contribution in [3.63, 3.8) is 0 Å². The summed E-state index contributed by atoms with van der Waals surface area (Å²) in [5, 5.41) is 0. The molecule has 0 atom stereocenters. The maximum absolute atomic E-state index is 9.50. The Kier molecular flexibility index (Phi) is 2.14. The Hall–Kier alpha value is -0.0700. The van der Waals surface area contributed by atoms with E-state index in [1.165, 1.54) is 0 Å². The summed E-state index contributed by atoms with van der Waals surface area (Å²) < 4.78 is 18.7. The average Bonchev–Trinajstić information content (AvgIpc) is 1.36. The van der Waals surface area contributed by atoms with Gasteiger partial charge in [0.25, 0.3) is 0 Å². The lowest BCUT2D eigenvalue weighted by Gasteiger charge is -1.62. The van der Waals surface area contributed by atoms with E-state index in [9.17, 15) is 9.13 Å². The molecule has 0 radical (unpaired) electrons. The van der Waals surface area contributed by atoms with Crippen LogP contribution in [0.15, 0.2) is 11.4 Å². The van der Waals surface area contributed by atoms with Gasteiger partial charge in [0.1, 0.15) is 4.77 Å². The fraction of sp³-hybridized carbons (Fsp3) is 0. The second-order valence-corrected chi connectivity index (χ2v) is 2.41. The minimum atomic E-state index is -2.59. The molecule has 0 saturated carbocycles. The lowest BCUT2D eigenvalue weighted by Crippen LogP contribution is -1.36. The van der Waals surface area contributed by atoms with E-state index >= 15 is 0 Å². The third kappa shape index (κ3) is 2.18. The van der Waals surface area contributed by atoms with Crippen LogP contribution in [0.1, 0.15) is 0 Å². The number of hydrogen-bond donors (Lipinski definition) is 0. The van der Waals surface area contributed by atoms with E-state index in [0.29, 0.717) is 0 Å². The van der Waals surface area contributed by atoms with E-state index in [4.69, 9.17) is 11.6 Å². The van der Waals surface area contributed by atoms with Crippen molar-refractivity contribution in [2.45, 2.75) is 0 Å². The van der Waals surface area contributed by atoms with Gasteiger partial charge in [0.15, 0.2) is 0 Å². The molecule has 2 nitrogen and oxygen atoms in total. The molecule has 0 heterocycles. The first kappa shape index (κ1) is 5.93. The SMILES string of the molecule is C=C(Cl)P(=O)=O. The minimum Gasteiger partial charge on any atom is -0.231 e. The Morgan fingerprint density at radius 1 is 1.67 bits per heavy atom. The maximum atomic E-state index is 9.50. The summed E-state index contributed by atoms with van der Waals surface area (Å²) in [5.41, 5.74) is 0. The molecule has 34 valence electrons. The third-order valence-corrected chi connectivity index (χ3v) is 1.01. The molecule has 0 unspecified atom stereocenters. The van der Waals surface area contributed by atoms with Crippen molar-refractivity contribution in [2.24, 2.45) is 0 Å². The first-order valence-electron chi connectivity index (χ1n) is 1.13. The smallest absolute Gasteiger partial charge is 0.231 e. The van der Waals surface area contributed by atoms with Gasteiger partial charge in [0.2, 0.25) is 0 Å². The normalized spacial score (nSPS) is 7.50. The van der Waals surface area contributed by atoms with Crippen LogP contribution in [0.5, 0.6) is 0 Å². The van der Waals surface area contributed by atoms with Crippen molar-refractivity contribution in [1.29, 1.82) is 0 Å². The Balaban J connectivity index is 3.94. The number of hydrogen-bond acceptors (Lipinski definition) is 2. The summed E-state index contributed by atoms with van der Waals surface area (Å²) in [6, 6.07) is 0. The van der Waals surface area contributed by atoms with Gasteiger partial charge in [-0.15, -0.1) is 0 Å². The summed E-state index contributed by atoms with van der Waals surface area (Å²) >= 11 is 4.82. The molecule has 0 fully saturated rings. The van der Waals surface area contributed by atoms with Crippen LogP contribution in [0.3, 0.4) is 0 Å². The average molecular weight is 124 g/mol. The van der Waals surface area contributed by atoms with E-state index in [1.807, 2.05) is 0 Å². The van der Waals surface area contributed by atoms with Gasteiger partial charge in [0.05, 0.1) is 0 Å². The molecule has 0 rings (SSSR count). The molecule has 0 saturated heterocycles. The predicted octanol–water partition coefficient (Wildman–Crippen LogP) is 1.87. The lowest BCUT2D eigenvalue weighted by atomic mass is 11.3. The van der Waals surface area contributed by atoms with Crippen LogP contribution in [0.2, 0.25) is 0 Å². The Bertz CT molecular complexity index is 118. The van der Waals surface area contributed by atoms with E-state index in [0.717, 1.165) is 0 Å². The fourth-order valence-electron chi connectivity index (χ4n) is 0. The van der Waals surface area contributed by atoms with Gasteiger partial charge in [0, 0.05) is 0 Å². The highest BCUT2D eigenvalue weighted by molar-refractivity contribution is 7.39. The number of rotatable bonds is 1. The number of halogens is 1. The first-order chi connectivity index (χ1) is 2.64. The Morgan fingerprint density at radius 3 is 1.83 bits per heavy atom. The van der Waals surface area contributed by atoms with Gasteiger partial charge < -0.3 is 0 Å². The molecule has 0 bridgehead atoms. The molecule has 0 aromatic carbocycles. The van der Waals surface area contributed by atoms with Crippen LogP contribution in [0.25, 0.3) is 0 Å². The van der Waals surface area contributed by atoms with Crippen LogP contribution < -0.4 is 0 Å². The standard InChI is InChI=1S/C2H2ClO2P/c1-2(3)6(4)5/h1H2. The molecule has 0 N–H and O–H groups in total. The van der Waals surface area contributed by atoms with Crippen LogP contribution in [-0.4, -0.2) is 0 Å². The molecule has 0 aromatic rings. The van der Waals surface area contributed by atoms with E-state index in [-0.39, 0.29) is 4.77 Å². The van der Waals surface area contributed by atoms with E-state index < -0.39 is 7.68 Å². The second-order valence-electron chi connectivity index (χ2n) is 0.633. The molecule has 4 heteroatoms. The highest BCUT2D eigenvalue weighted by Crippen LogP contribution is 2.19. The molecule has 0 aliphatic rings. The molecule has 0 amide bonds. The van der Waals surface area contributed by atoms with Crippen molar-refractivity contribution in [1.82, 2.24) is 0 Å². The van der Waals surface area contributed by atoms with Gasteiger partial charge in [-0.3, -0.25) is 0 Å². The molecule has 6 heavy (non-hydrogen) atoms. The van der Waals surface area contributed by atoms with Crippen molar-refractivity contribution < 1.29 is 9.13 Å². The first-order valence-corrected chi connectivity index (χ1v) is 2.69. The van der Waals surface area contributed by atoms with Crippen LogP contribution >= 0.6 is 19.3 Å². The van der Waals surface area contributed by atoms with Crippen LogP contribution in [0.4, 0.5) is 0 Å². The van der Waals surface area contributed by atoms with Gasteiger partial charge >= 0.3 is 7.68 Å².